The number of hydrogen-bond acceptors (Lipinski definition) is 5. The van der Waals surface area contributed by atoms with Crippen molar-refractivity contribution < 1.29 is 4.92 Å². The van der Waals surface area contributed by atoms with E-state index in [0.29, 0.717) is 30.4 Å². The van der Waals surface area contributed by atoms with Gasteiger partial charge in [0.15, 0.2) is 0 Å². The predicted molar refractivity (Wildman–Crippen MR) is 73.2 cm³/mol. The molecule has 0 spiro atoms. The zero-order chi connectivity index (χ0) is 14.2. The summed E-state index contributed by atoms with van der Waals surface area (Å²) in [6, 6.07) is 0.152. The Labute approximate surface area is 112 Å². The topological polar surface area (TPSA) is 90.2 Å². The molecule has 7 heteroatoms. The van der Waals surface area contributed by atoms with Crippen molar-refractivity contribution in [3.63, 3.8) is 0 Å². The molecular formula is C12H21N5O2. The normalized spacial score (nSPS) is 16.4. The highest BCUT2D eigenvalue weighted by atomic mass is 16.6. The standard InChI is InChI=1S/C12H21N5O2/c1-4-9-11(17(18)19)12(16(3)14-9)15(2)10(7-13)8-5-6-8/h8,10H,4-7,13H2,1-3H3. The molecule has 106 valence electrons. The molecule has 1 aliphatic rings. The molecule has 1 aromatic rings. The van der Waals surface area contributed by atoms with E-state index in [2.05, 4.69) is 5.10 Å². The molecule has 0 aromatic carbocycles. The molecule has 0 radical (unpaired) electrons. The Kier molecular flexibility index (Phi) is 3.75. The molecule has 7 nitrogen and oxygen atoms in total. The molecule has 1 fully saturated rings. The van der Waals surface area contributed by atoms with Crippen molar-refractivity contribution in [3.05, 3.63) is 15.8 Å². The van der Waals surface area contributed by atoms with Crippen molar-refractivity contribution in [2.75, 3.05) is 18.5 Å². The van der Waals surface area contributed by atoms with Crippen molar-refractivity contribution in [2.45, 2.75) is 32.2 Å². The zero-order valence-corrected chi connectivity index (χ0v) is 11.7. The molecule has 19 heavy (non-hydrogen) atoms. The van der Waals surface area contributed by atoms with Crippen LogP contribution in [0.2, 0.25) is 0 Å². The highest BCUT2D eigenvalue weighted by Crippen LogP contribution is 2.39. The highest BCUT2D eigenvalue weighted by Gasteiger charge is 2.37. The summed E-state index contributed by atoms with van der Waals surface area (Å²) in [5.41, 5.74) is 6.47. The Hall–Kier alpha value is -1.63. The number of aromatic nitrogens is 2. The second-order valence-corrected chi connectivity index (χ2v) is 5.10. The maximum Gasteiger partial charge on any atom is 0.334 e. The number of aryl methyl sites for hydroxylation is 2. The van der Waals surface area contributed by atoms with Crippen LogP contribution < -0.4 is 10.6 Å². The lowest BCUT2D eigenvalue weighted by Gasteiger charge is -2.28. The van der Waals surface area contributed by atoms with Gasteiger partial charge in [-0.1, -0.05) is 6.92 Å². The Balaban J connectivity index is 2.42. The fraction of sp³-hybridized carbons (Fsp3) is 0.750. The molecule has 2 rings (SSSR count). The number of nitrogens with two attached hydrogens (primary N) is 1. The van der Waals surface area contributed by atoms with Gasteiger partial charge in [-0.15, -0.1) is 0 Å². The van der Waals surface area contributed by atoms with Gasteiger partial charge in [-0.2, -0.15) is 5.10 Å². The summed E-state index contributed by atoms with van der Waals surface area (Å²) < 4.78 is 1.60. The molecule has 0 saturated heterocycles. The van der Waals surface area contributed by atoms with Crippen molar-refractivity contribution in [1.82, 2.24) is 9.78 Å². The first-order valence-electron chi connectivity index (χ1n) is 6.64. The average molecular weight is 267 g/mol. The molecular weight excluding hydrogens is 246 g/mol. The lowest BCUT2D eigenvalue weighted by Crippen LogP contribution is -2.40. The van der Waals surface area contributed by atoms with Gasteiger partial charge in [-0.05, 0) is 25.2 Å². The predicted octanol–water partition coefficient (Wildman–Crippen LogP) is 1.06. The largest absolute Gasteiger partial charge is 0.350 e. The quantitative estimate of drug-likeness (QED) is 0.615. The van der Waals surface area contributed by atoms with E-state index in [1.54, 1.807) is 11.7 Å². The number of nitrogens with zero attached hydrogens (tertiary/aromatic N) is 4. The summed E-state index contributed by atoms with van der Waals surface area (Å²) >= 11 is 0. The van der Waals surface area contributed by atoms with Crippen LogP contribution in [0.3, 0.4) is 0 Å². The van der Waals surface area contributed by atoms with Crippen LogP contribution in [0.5, 0.6) is 0 Å². The monoisotopic (exact) mass is 267 g/mol. The van der Waals surface area contributed by atoms with Crippen LogP contribution in [0.1, 0.15) is 25.5 Å². The maximum atomic E-state index is 11.3. The molecule has 1 aliphatic carbocycles. The van der Waals surface area contributed by atoms with Crippen molar-refractivity contribution >= 4 is 11.5 Å². The third-order valence-corrected chi connectivity index (χ3v) is 3.82. The summed E-state index contributed by atoms with van der Waals surface area (Å²) in [5, 5.41) is 15.6. The fourth-order valence-corrected chi connectivity index (χ4v) is 2.68. The smallest absolute Gasteiger partial charge is 0.334 e. The first kappa shape index (κ1) is 13.8. The summed E-state index contributed by atoms with van der Waals surface area (Å²) in [4.78, 5) is 12.9. The second kappa shape index (κ2) is 5.16. The minimum absolute atomic E-state index is 0.117. The van der Waals surface area contributed by atoms with Crippen LogP contribution in [0.4, 0.5) is 11.5 Å². The number of anilines is 1. The molecule has 0 aliphatic heterocycles. The summed E-state index contributed by atoms with van der Waals surface area (Å²) in [7, 11) is 3.62. The molecule has 1 atom stereocenters. The van der Waals surface area contributed by atoms with Gasteiger partial charge >= 0.3 is 5.69 Å². The fourth-order valence-electron chi connectivity index (χ4n) is 2.68. The zero-order valence-electron chi connectivity index (χ0n) is 11.7. The summed E-state index contributed by atoms with van der Waals surface area (Å²) in [6.07, 6.45) is 2.85. The SMILES string of the molecule is CCc1nn(C)c(N(C)C(CN)C2CC2)c1[N+](=O)[O-]. The van der Waals surface area contributed by atoms with E-state index in [4.69, 9.17) is 5.73 Å². The van der Waals surface area contributed by atoms with E-state index in [9.17, 15) is 10.1 Å². The minimum atomic E-state index is -0.335. The van der Waals surface area contributed by atoms with Gasteiger partial charge in [-0.3, -0.25) is 10.1 Å². The van der Waals surface area contributed by atoms with E-state index in [1.807, 2.05) is 18.9 Å². The molecule has 1 aromatic heterocycles. The van der Waals surface area contributed by atoms with E-state index in [-0.39, 0.29) is 16.7 Å². The molecule has 1 saturated carbocycles. The Morgan fingerprint density at radius 3 is 2.68 bits per heavy atom. The van der Waals surface area contributed by atoms with Crippen LogP contribution >= 0.6 is 0 Å². The average Bonchev–Trinajstić information content (AvgIpc) is 3.12. The van der Waals surface area contributed by atoms with E-state index < -0.39 is 0 Å². The van der Waals surface area contributed by atoms with Crippen LogP contribution in [0.25, 0.3) is 0 Å². The van der Waals surface area contributed by atoms with Crippen LogP contribution in [-0.2, 0) is 13.5 Å². The van der Waals surface area contributed by atoms with E-state index >= 15 is 0 Å². The number of nitro groups is 1. The van der Waals surface area contributed by atoms with Gasteiger partial charge in [0.2, 0.25) is 5.82 Å². The second-order valence-electron chi connectivity index (χ2n) is 5.10. The molecule has 0 amide bonds. The summed E-state index contributed by atoms with van der Waals surface area (Å²) in [6.45, 7) is 2.38. The van der Waals surface area contributed by atoms with Crippen molar-refractivity contribution in [2.24, 2.45) is 18.7 Å². The van der Waals surface area contributed by atoms with Gasteiger partial charge in [0, 0.05) is 26.7 Å². The van der Waals surface area contributed by atoms with Gasteiger partial charge < -0.3 is 10.6 Å². The van der Waals surface area contributed by atoms with Crippen LogP contribution in [0, 0.1) is 16.0 Å². The number of hydrogen-bond donors (Lipinski definition) is 1. The molecule has 1 unspecified atom stereocenters. The van der Waals surface area contributed by atoms with Gasteiger partial charge in [0.05, 0.1) is 4.92 Å². The lowest BCUT2D eigenvalue weighted by molar-refractivity contribution is -0.384. The van der Waals surface area contributed by atoms with Crippen LogP contribution in [-0.4, -0.2) is 34.3 Å². The number of rotatable bonds is 6. The first-order valence-corrected chi connectivity index (χ1v) is 6.64. The van der Waals surface area contributed by atoms with E-state index in [0.717, 1.165) is 12.8 Å². The van der Waals surface area contributed by atoms with Crippen LogP contribution in [0.15, 0.2) is 0 Å². The summed E-state index contributed by atoms with van der Waals surface area (Å²) in [5.74, 6) is 1.11. The Morgan fingerprint density at radius 2 is 2.26 bits per heavy atom. The third kappa shape index (κ3) is 2.42. The Bertz CT molecular complexity index is 481. The van der Waals surface area contributed by atoms with Crippen molar-refractivity contribution in [1.29, 1.82) is 0 Å². The Morgan fingerprint density at radius 1 is 1.63 bits per heavy atom. The lowest BCUT2D eigenvalue weighted by atomic mass is 10.1. The number of likely N-dealkylation sites (N-methyl/N-ethyl adjacent to an activating group) is 1. The molecule has 2 N–H and O–H groups in total. The third-order valence-electron chi connectivity index (χ3n) is 3.82. The molecule has 0 bridgehead atoms. The van der Waals surface area contributed by atoms with Gasteiger partial charge in [0.1, 0.15) is 5.69 Å². The highest BCUT2D eigenvalue weighted by molar-refractivity contribution is 5.62. The van der Waals surface area contributed by atoms with Gasteiger partial charge in [-0.25, -0.2) is 4.68 Å². The van der Waals surface area contributed by atoms with Gasteiger partial charge in [0.25, 0.3) is 0 Å². The maximum absolute atomic E-state index is 11.3. The molecule has 1 heterocycles. The van der Waals surface area contributed by atoms with Crippen molar-refractivity contribution in [3.8, 4) is 0 Å². The minimum Gasteiger partial charge on any atom is -0.350 e. The first-order chi connectivity index (χ1) is 9.01. The van der Waals surface area contributed by atoms with E-state index in [1.165, 1.54) is 0 Å².